The fourth-order valence-electron chi connectivity index (χ4n) is 4.49. The predicted octanol–water partition coefficient (Wildman–Crippen LogP) is 3.63. The quantitative estimate of drug-likeness (QED) is 0.834. The van der Waals surface area contributed by atoms with E-state index in [2.05, 4.69) is 45.3 Å². The summed E-state index contributed by atoms with van der Waals surface area (Å²) in [6, 6.07) is 0.595. The van der Waals surface area contributed by atoms with Crippen molar-refractivity contribution in [3.63, 3.8) is 0 Å². The first kappa shape index (κ1) is 16.8. The minimum atomic E-state index is -0.138. The highest BCUT2D eigenvalue weighted by Crippen LogP contribution is 2.32. The van der Waals surface area contributed by atoms with E-state index in [0.717, 1.165) is 18.8 Å². The maximum Gasteiger partial charge on any atom is 0.237 e. The van der Waals surface area contributed by atoms with E-state index in [9.17, 15) is 4.79 Å². The van der Waals surface area contributed by atoms with Crippen LogP contribution in [0.15, 0.2) is 0 Å². The molecule has 0 bridgehead atoms. The van der Waals surface area contributed by atoms with Crippen LogP contribution < -0.4 is 10.6 Å². The lowest BCUT2D eigenvalue weighted by atomic mass is 9.77. The van der Waals surface area contributed by atoms with Crippen LogP contribution in [0.5, 0.6) is 0 Å². The zero-order valence-corrected chi connectivity index (χ0v) is 14.6. The van der Waals surface area contributed by atoms with Gasteiger partial charge in [-0.15, -0.1) is 0 Å². The summed E-state index contributed by atoms with van der Waals surface area (Å²) in [5, 5.41) is 6.91. The normalized spacial score (nSPS) is 30.6. The Morgan fingerprint density at radius 3 is 2.38 bits per heavy atom. The molecule has 2 N–H and O–H groups in total. The molecule has 0 aromatic heterocycles. The summed E-state index contributed by atoms with van der Waals surface area (Å²) in [5.41, 5.74) is 0.0890. The van der Waals surface area contributed by atoms with E-state index < -0.39 is 0 Å². The van der Waals surface area contributed by atoms with E-state index in [1.807, 2.05) is 0 Å². The lowest BCUT2D eigenvalue weighted by Gasteiger charge is -2.41. The summed E-state index contributed by atoms with van der Waals surface area (Å²) in [6.45, 7) is 11.0. The van der Waals surface area contributed by atoms with Crippen molar-refractivity contribution in [2.75, 3.05) is 0 Å². The Kier molecular flexibility index (Phi) is 5.02. The van der Waals surface area contributed by atoms with Gasteiger partial charge < -0.3 is 10.6 Å². The van der Waals surface area contributed by atoms with Crippen LogP contribution in [0.1, 0.15) is 79.6 Å². The molecule has 1 aliphatic heterocycles. The first-order chi connectivity index (χ1) is 9.66. The topological polar surface area (TPSA) is 41.1 Å². The van der Waals surface area contributed by atoms with Gasteiger partial charge in [-0.1, -0.05) is 33.6 Å². The molecule has 2 fully saturated rings. The minimum Gasteiger partial charge on any atom is -0.350 e. The summed E-state index contributed by atoms with van der Waals surface area (Å²) in [5.74, 6) is 1.01. The van der Waals surface area contributed by atoms with Gasteiger partial charge in [0, 0.05) is 11.6 Å². The smallest absolute Gasteiger partial charge is 0.237 e. The standard InChI is InChI=1S/C18H34N2O/c1-17(2,3)12-18(4,5)20-16(21)15-11-10-13-8-6-7-9-14(13)19-15/h13-15,19H,6-12H2,1-5H3,(H,20,21). The highest BCUT2D eigenvalue weighted by molar-refractivity contribution is 5.82. The molecule has 3 unspecified atom stereocenters. The van der Waals surface area contributed by atoms with Crippen molar-refractivity contribution in [1.82, 2.24) is 10.6 Å². The summed E-state index contributed by atoms with van der Waals surface area (Å²) in [7, 11) is 0. The first-order valence-electron chi connectivity index (χ1n) is 8.74. The second-order valence-corrected chi connectivity index (χ2v) is 9.06. The van der Waals surface area contributed by atoms with Crippen molar-refractivity contribution >= 4 is 5.91 Å². The van der Waals surface area contributed by atoms with Crippen LogP contribution in [0, 0.1) is 11.3 Å². The van der Waals surface area contributed by atoms with Gasteiger partial charge in [-0.25, -0.2) is 0 Å². The fourth-order valence-corrected chi connectivity index (χ4v) is 4.49. The third-order valence-electron chi connectivity index (χ3n) is 4.90. The van der Waals surface area contributed by atoms with E-state index in [1.165, 1.54) is 32.1 Å². The molecule has 2 aliphatic rings. The number of rotatable bonds is 3. The molecule has 1 amide bonds. The molecule has 3 heteroatoms. The number of hydrogen-bond acceptors (Lipinski definition) is 2. The molecule has 0 aromatic carbocycles. The van der Waals surface area contributed by atoms with Gasteiger partial charge >= 0.3 is 0 Å². The monoisotopic (exact) mass is 294 g/mol. The van der Waals surface area contributed by atoms with Crippen molar-refractivity contribution in [2.24, 2.45) is 11.3 Å². The molecule has 0 radical (unpaired) electrons. The van der Waals surface area contributed by atoms with E-state index >= 15 is 0 Å². The van der Waals surface area contributed by atoms with E-state index in [0.29, 0.717) is 6.04 Å². The van der Waals surface area contributed by atoms with Crippen LogP contribution in [-0.4, -0.2) is 23.5 Å². The molecule has 1 heterocycles. The van der Waals surface area contributed by atoms with E-state index in [4.69, 9.17) is 0 Å². The third kappa shape index (κ3) is 4.98. The lowest BCUT2D eigenvalue weighted by Crippen LogP contribution is -2.58. The number of piperidine rings is 1. The van der Waals surface area contributed by atoms with Crippen molar-refractivity contribution in [3.8, 4) is 0 Å². The zero-order chi connectivity index (χ0) is 15.7. The largest absolute Gasteiger partial charge is 0.350 e. The first-order valence-corrected chi connectivity index (χ1v) is 8.74. The number of nitrogens with one attached hydrogen (secondary N) is 2. The van der Waals surface area contributed by atoms with Gasteiger partial charge in [0.1, 0.15) is 0 Å². The van der Waals surface area contributed by atoms with Gasteiger partial charge in [-0.05, 0) is 57.3 Å². The van der Waals surface area contributed by atoms with Gasteiger partial charge in [0.15, 0.2) is 0 Å². The Morgan fingerprint density at radius 2 is 1.71 bits per heavy atom. The van der Waals surface area contributed by atoms with Gasteiger partial charge in [0.05, 0.1) is 6.04 Å². The van der Waals surface area contributed by atoms with Crippen LogP contribution in [0.3, 0.4) is 0 Å². The molecule has 0 aromatic rings. The second kappa shape index (κ2) is 6.28. The van der Waals surface area contributed by atoms with E-state index in [-0.39, 0.29) is 22.9 Å². The highest BCUT2D eigenvalue weighted by Gasteiger charge is 2.36. The van der Waals surface area contributed by atoms with Gasteiger partial charge in [-0.2, -0.15) is 0 Å². The summed E-state index contributed by atoms with van der Waals surface area (Å²) < 4.78 is 0. The molecule has 3 atom stereocenters. The highest BCUT2D eigenvalue weighted by atomic mass is 16.2. The molecule has 1 aliphatic carbocycles. The van der Waals surface area contributed by atoms with Gasteiger partial charge in [0.2, 0.25) is 5.91 Å². The number of carbonyl (C=O) groups excluding carboxylic acids is 1. The van der Waals surface area contributed by atoms with Gasteiger partial charge in [-0.3, -0.25) is 4.79 Å². The maximum absolute atomic E-state index is 12.6. The molecule has 3 nitrogen and oxygen atoms in total. The molecule has 0 spiro atoms. The van der Waals surface area contributed by atoms with Crippen molar-refractivity contribution in [1.29, 1.82) is 0 Å². The Morgan fingerprint density at radius 1 is 1.05 bits per heavy atom. The summed E-state index contributed by atoms with van der Waals surface area (Å²) >= 11 is 0. The number of amides is 1. The molecule has 21 heavy (non-hydrogen) atoms. The zero-order valence-electron chi connectivity index (χ0n) is 14.6. The summed E-state index contributed by atoms with van der Waals surface area (Å²) in [4.78, 5) is 12.6. The van der Waals surface area contributed by atoms with Crippen LogP contribution in [0.2, 0.25) is 0 Å². The van der Waals surface area contributed by atoms with Crippen LogP contribution in [-0.2, 0) is 4.79 Å². The van der Waals surface area contributed by atoms with Crippen molar-refractivity contribution < 1.29 is 4.79 Å². The molecule has 1 saturated heterocycles. The number of hydrogen-bond donors (Lipinski definition) is 2. The minimum absolute atomic E-state index is 0.0172. The fraction of sp³-hybridized carbons (Fsp3) is 0.944. The van der Waals surface area contributed by atoms with Crippen LogP contribution in [0.25, 0.3) is 0 Å². The average Bonchev–Trinajstić information content (AvgIpc) is 2.34. The average molecular weight is 294 g/mol. The van der Waals surface area contributed by atoms with Crippen molar-refractivity contribution in [3.05, 3.63) is 0 Å². The number of fused-ring (bicyclic) bond motifs is 1. The SMILES string of the molecule is CC(C)(C)CC(C)(C)NC(=O)C1CCC2CCCCC2N1. The molecule has 2 rings (SSSR count). The second-order valence-electron chi connectivity index (χ2n) is 9.06. The molecule has 122 valence electrons. The maximum atomic E-state index is 12.6. The Balaban J connectivity index is 1.88. The molecular weight excluding hydrogens is 260 g/mol. The van der Waals surface area contributed by atoms with E-state index in [1.54, 1.807) is 0 Å². The van der Waals surface area contributed by atoms with Crippen LogP contribution in [0.4, 0.5) is 0 Å². The summed E-state index contributed by atoms with van der Waals surface area (Å²) in [6.07, 6.45) is 8.50. The Hall–Kier alpha value is -0.570. The van der Waals surface area contributed by atoms with Gasteiger partial charge in [0.25, 0.3) is 0 Å². The molecule has 1 saturated carbocycles. The van der Waals surface area contributed by atoms with Crippen molar-refractivity contribution in [2.45, 2.75) is 97.2 Å². The lowest BCUT2D eigenvalue weighted by molar-refractivity contribution is -0.126. The van der Waals surface area contributed by atoms with Crippen LogP contribution >= 0.6 is 0 Å². The Bertz CT molecular complexity index is 370. The molecular formula is C18H34N2O. The Labute approximate surface area is 130 Å². The third-order valence-corrected chi connectivity index (χ3v) is 4.90. The number of carbonyl (C=O) groups is 1. The predicted molar refractivity (Wildman–Crippen MR) is 88.2 cm³/mol.